The minimum atomic E-state index is 0.716. The van der Waals surface area contributed by atoms with E-state index >= 15 is 0 Å². The highest BCUT2D eigenvalue weighted by molar-refractivity contribution is 7.27. The number of anilines is 6. The van der Waals surface area contributed by atoms with Crippen molar-refractivity contribution in [3.63, 3.8) is 0 Å². The molecule has 8 aromatic carbocycles. The largest absolute Gasteiger partial charge is 0.310 e. The van der Waals surface area contributed by atoms with Gasteiger partial charge < -0.3 is 9.80 Å². The van der Waals surface area contributed by atoms with Gasteiger partial charge in [0.05, 0.1) is 11.4 Å². The molecule has 0 N–H and O–H groups in total. The summed E-state index contributed by atoms with van der Waals surface area (Å²) >= 11 is 10.6. The zero-order valence-electron chi connectivity index (χ0n) is 27.3. The van der Waals surface area contributed by atoms with Crippen molar-refractivity contribution in [3.05, 3.63) is 181 Å². The Morgan fingerprint density at radius 1 is 0.353 bits per heavy atom. The van der Waals surface area contributed by atoms with Crippen LogP contribution in [0.25, 0.3) is 51.1 Å². The van der Waals surface area contributed by atoms with Crippen LogP contribution in [-0.2, 0) is 0 Å². The van der Waals surface area contributed by atoms with Crippen LogP contribution in [0.5, 0.6) is 0 Å². The number of fused-ring (bicyclic) bond motifs is 8. The van der Waals surface area contributed by atoms with Gasteiger partial charge in [0.2, 0.25) is 0 Å². The van der Waals surface area contributed by atoms with Crippen molar-refractivity contribution in [2.75, 3.05) is 9.80 Å². The summed E-state index contributed by atoms with van der Waals surface area (Å²) in [7, 11) is 0. The molecule has 0 saturated heterocycles. The van der Waals surface area contributed by atoms with Crippen LogP contribution < -0.4 is 9.80 Å². The third-order valence-electron chi connectivity index (χ3n) is 9.65. The fourth-order valence-corrected chi connectivity index (χ4v) is 10.2. The number of hydrogen-bond donors (Lipinski definition) is 0. The monoisotopic (exact) mass is 708 g/mol. The summed E-state index contributed by atoms with van der Waals surface area (Å²) in [4.78, 5) is 4.76. The van der Waals surface area contributed by atoms with E-state index in [-0.39, 0.29) is 0 Å². The lowest BCUT2D eigenvalue weighted by Crippen LogP contribution is -2.11. The van der Waals surface area contributed by atoms with E-state index in [2.05, 4.69) is 186 Å². The van der Waals surface area contributed by atoms with E-state index in [1.165, 1.54) is 46.4 Å². The Morgan fingerprint density at radius 3 is 1.57 bits per heavy atom. The molecule has 2 heterocycles. The molecule has 242 valence electrons. The van der Waals surface area contributed by atoms with Gasteiger partial charge in [-0.25, -0.2) is 0 Å². The minimum absolute atomic E-state index is 0.716. The molecule has 0 fully saturated rings. The Labute approximate surface area is 308 Å². The van der Waals surface area contributed by atoms with Crippen LogP contribution in [0.15, 0.2) is 176 Å². The van der Waals surface area contributed by atoms with Gasteiger partial charge in [0.25, 0.3) is 0 Å². The molecular formula is C46H29ClN2S2. The van der Waals surface area contributed by atoms with E-state index in [1.807, 2.05) is 22.7 Å². The molecule has 51 heavy (non-hydrogen) atoms. The average Bonchev–Trinajstić information content (AvgIpc) is 3.74. The SMILES string of the molecule is Clc1cc(N(c2ccccc2)c2ccccc2)c2c(c1)sc1c3ccccc3c(N(c3ccccc3)c3ccc4c(c3)sc3ccccc34)cc12. The molecule has 2 aromatic heterocycles. The Hall–Kier alpha value is -5.65. The van der Waals surface area contributed by atoms with Gasteiger partial charge in [0, 0.05) is 78.9 Å². The predicted molar refractivity (Wildman–Crippen MR) is 224 cm³/mol. The normalized spacial score (nSPS) is 11.6. The average molecular weight is 709 g/mol. The summed E-state index contributed by atoms with van der Waals surface area (Å²) in [5.74, 6) is 0. The summed E-state index contributed by atoms with van der Waals surface area (Å²) in [6.45, 7) is 0. The quantitative estimate of drug-likeness (QED) is 0.170. The highest BCUT2D eigenvalue weighted by atomic mass is 35.5. The molecule has 0 spiro atoms. The molecule has 0 aliphatic carbocycles. The highest BCUT2D eigenvalue weighted by Crippen LogP contribution is 2.51. The Morgan fingerprint density at radius 2 is 0.902 bits per heavy atom. The number of benzene rings is 8. The Balaban J connectivity index is 1.29. The second-order valence-corrected chi connectivity index (χ2v) is 15.2. The third-order valence-corrected chi connectivity index (χ3v) is 12.2. The molecule has 10 aromatic rings. The molecule has 10 rings (SSSR count). The molecule has 0 aliphatic rings. The molecule has 0 radical (unpaired) electrons. The van der Waals surface area contributed by atoms with E-state index in [0.29, 0.717) is 5.02 Å². The summed E-state index contributed by atoms with van der Waals surface area (Å²) in [6, 6.07) is 63.0. The van der Waals surface area contributed by atoms with Gasteiger partial charge in [-0.05, 0) is 72.8 Å². The number of rotatable bonds is 6. The van der Waals surface area contributed by atoms with Crippen LogP contribution in [0.4, 0.5) is 34.1 Å². The second-order valence-electron chi connectivity index (χ2n) is 12.7. The maximum absolute atomic E-state index is 6.98. The molecule has 5 heteroatoms. The maximum Gasteiger partial charge on any atom is 0.0569 e. The molecule has 0 unspecified atom stereocenters. The van der Waals surface area contributed by atoms with Crippen LogP contribution >= 0.6 is 34.3 Å². The summed E-state index contributed by atoms with van der Waals surface area (Å²) < 4.78 is 4.99. The van der Waals surface area contributed by atoms with Crippen LogP contribution in [0, 0.1) is 0 Å². The van der Waals surface area contributed by atoms with Crippen molar-refractivity contribution in [2.45, 2.75) is 0 Å². The fourth-order valence-electron chi connectivity index (χ4n) is 7.46. The van der Waals surface area contributed by atoms with Gasteiger partial charge in [-0.3, -0.25) is 0 Å². The van der Waals surface area contributed by atoms with Crippen LogP contribution in [-0.4, -0.2) is 0 Å². The van der Waals surface area contributed by atoms with E-state index < -0.39 is 0 Å². The van der Waals surface area contributed by atoms with Crippen molar-refractivity contribution in [1.82, 2.24) is 0 Å². The number of halogens is 1. The number of thiophene rings is 2. The predicted octanol–water partition coefficient (Wildman–Crippen LogP) is 15.2. The van der Waals surface area contributed by atoms with E-state index in [0.717, 1.165) is 38.8 Å². The molecule has 2 nitrogen and oxygen atoms in total. The maximum atomic E-state index is 6.98. The highest BCUT2D eigenvalue weighted by Gasteiger charge is 2.24. The third kappa shape index (κ3) is 5.06. The topological polar surface area (TPSA) is 6.48 Å². The van der Waals surface area contributed by atoms with Crippen molar-refractivity contribution < 1.29 is 0 Å². The minimum Gasteiger partial charge on any atom is -0.310 e. The molecule has 0 saturated carbocycles. The zero-order valence-corrected chi connectivity index (χ0v) is 29.7. The molecular weight excluding hydrogens is 680 g/mol. The van der Waals surface area contributed by atoms with Crippen LogP contribution in [0.1, 0.15) is 0 Å². The second kappa shape index (κ2) is 12.3. The Bertz CT molecular complexity index is 2840. The summed E-state index contributed by atoms with van der Waals surface area (Å²) in [5, 5.41) is 8.13. The van der Waals surface area contributed by atoms with E-state index in [9.17, 15) is 0 Å². The molecule has 0 bridgehead atoms. The standard InChI is InChI=1S/C46H29ClN2S2/c47-30-26-41(48(31-14-4-1-5-15-31)32-16-6-2-7-17-32)45-39-29-40(35-20-10-11-22-38(35)46(39)51-44(45)27-30)49(33-18-8-3-9-19-33)34-24-25-37-36-21-12-13-23-42(36)50-43(37)28-34/h1-29H. The smallest absolute Gasteiger partial charge is 0.0569 e. The number of hydrogen-bond acceptors (Lipinski definition) is 4. The van der Waals surface area contributed by atoms with E-state index in [1.54, 1.807) is 0 Å². The van der Waals surface area contributed by atoms with Crippen molar-refractivity contribution in [1.29, 1.82) is 0 Å². The Kier molecular flexibility index (Phi) is 7.28. The van der Waals surface area contributed by atoms with Crippen molar-refractivity contribution in [2.24, 2.45) is 0 Å². The van der Waals surface area contributed by atoms with Gasteiger partial charge in [0.1, 0.15) is 0 Å². The molecule has 0 aliphatic heterocycles. The molecule has 0 atom stereocenters. The zero-order chi connectivity index (χ0) is 33.9. The first-order valence-corrected chi connectivity index (χ1v) is 19.0. The van der Waals surface area contributed by atoms with Crippen LogP contribution in [0.2, 0.25) is 5.02 Å². The number of para-hydroxylation sites is 3. The summed E-state index contributed by atoms with van der Waals surface area (Å²) in [5.41, 5.74) is 6.59. The van der Waals surface area contributed by atoms with Gasteiger partial charge in [-0.15, -0.1) is 22.7 Å². The fraction of sp³-hybridized carbons (Fsp3) is 0. The van der Waals surface area contributed by atoms with Gasteiger partial charge >= 0.3 is 0 Å². The summed E-state index contributed by atoms with van der Waals surface area (Å²) in [6.07, 6.45) is 0. The first kappa shape index (κ1) is 30.2. The lowest BCUT2D eigenvalue weighted by molar-refractivity contribution is 1.30. The van der Waals surface area contributed by atoms with Crippen molar-refractivity contribution in [3.8, 4) is 0 Å². The van der Waals surface area contributed by atoms with Crippen molar-refractivity contribution >= 4 is 120 Å². The first-order chi connectivity index (χ1) is 25.2. The lowest BCUT2D eigenvalue weighted by Gasteiger charge is -2.28. The van der Waals surface area contributed by atoms with Gasteiger partial charge in [-0.2, -0.15) is 0 Å². The molecule has 0 amide bonds. The van der Waals surface area contributed by atoms with Gasteiger partial charge in [-0.1, -0.05) is 115 Å². The van der Waals surface area contributed by atoms with Crippen LogP contribution in [0.3, 0.4) is 0 Å². The van der Waals surface area contributed by atoms with Gasteiger partial charge in [0.15, 0.2) is 0 Å². The first-order valence-electron chi connectivity index (χ1n) is 17.0. The van der Waals surface area contributed by atoms with E-state index in [4.69, 9.17) is 11.6 Å². The number of nitrogens with zero attached hydrogens (tertiary/aromatic N) is 2. The lowest BCUT2D eigenvalue weighted by atomic mass is 10.0.